The molecule has 5 aliphatic rings. The van der Waals surface area contributed by atoms with Crippen molar-refractivity contribution in [2.45, 2.75) is 76.6 Å². The van der Waals surface area contributed by atoms with E-state index in [-0.39, 0.29) is 35.7 Å². The number of esters is 1. The van der Waals surface area contributed by atoms with Crippen molar-refractivity contribution in [3.05, 3.63) is 0 Å². The average Bonchev–Trinajstić information content (AvgIpc) is 2.97. The lowest BCUT2D eigenvalue weighted by Crippen LogP contribution is -2.65. The second-order valence-corrected chi connectivity index (χ2v) is 10.3. The van der Waals surface area contributed by atoms with Gasteiger partial charge in [0.1, 0.15) is 6.10 Å². The number of fused-ring (bicyclic) bond motifs is 2. The Morgan fingerprint density at radius 2 is 2.00 bits per heavy atom. The molecule has 1 saturated heterocycles. The number of aliphatic hydroxyl groups is 3. The first-order valence-electron chi connectivity index (χ1n) is 9.94. The van der Waals surface area contributed by atoms with Crippen LogP contribution in [0, 0.1) is 34.0 Å². The maximum atomic E-state index is 12.7. The fraction of sp³-hybridized carbons (Fsp3) is 0.950. The maximum absolute atomic E-state index is 12.7. The molecule has 5 heteroatoms. The highest BCUT2D eigenvalue weighted by Crippen LogP contribution is 2.74. The number of hydrogen-bond donors (Lipinski definition) is 3. The van der Waals surface area contributed by atoms with E-state index in [0.29, 0.717) is 6.42 Å². The van der Waals surface area contributed by atoms with Gasteiger partial charge in [0.25, 0.3) is 0 Å². The maximum Gasteiger partial charge on any atom is 0.312 e. The van der Waals surface area contributed by atoms with Crippen molar-refractivity contribution in [1.82, 2.24) is 0 Å². The van der Waals surface area contributed by atoms with Gasteiger partial charge in [-0.3, -0.25) is 4.79 Å². The number of carbonyl (C=O) groups is 1. The van der Waals surface area contributed by atoms with Gasteiger partial charge in [-0.05, 0) is 62.7 Å². The highest BCUT2D eigenvalue weighted by Gasteiger charge is 2.76. The minimum Gasteiger partial charge on any atom is -0.459 e. The highest BCUT2D eigenvalue weighted by molar-refractivity contribution is 5.80. The summed E-state index contributed by atoms with van der Waals surface area (Å²) in [6.07, 6.45) is 4.76. The van der Waals surface area contributed by atoms with Gasteiger partial charge >= 0.3 is 5.97 Å². The number of ether oxygens (including phenoxy) is 1. The monoisotopic (exact) mass is 350 g/mol. The largest absolute Gasteiger partial charge is 0.459 e. The average molecular weight is 350 g/mol. The van der Waals surface area contributed by atoms with Gasteiger partial charge in [-0.15, -0.1) is 0 Å². The van der Waals surface area contributed by atoms with E-state index in [1.54, 1.807) is 0 Å². The van der Waals surface area contributed by atoms with E-state index in [1.807, 2.05) is 6.92 Å². The number of rotatable bonds is 1. The number of carbonyl (C=O) groups excluding carboxylic acids is 1. The van der Waals surface area contributed by atoms with Crippen LogP contribution in [0.15, 0.2) is 0 Å². The molecule has 0 unspecified atom stereocenters. The summed E-state index contributed by atoms with van der Waals surface area (Å²) in [6, 6.07) is 0. The minimum atomic E-state index is -1.10. The first-order chi connectivity index (χ1) is 11.7. The molecule has 1 aliphatic heterocycles. The standard InChI is InChI=1S/C20H30O5/c1-17-6-3-7-18(2)14(17)13(25-16(18)23)15(22)19-8-11(4-5-12(17)19)20(24,9-19)10-21/h11-15,21-22,24H,3-10H2,1-2H3/t11-,12-,13+,14-,15-,17-,18+,19+,20+/m0/s1. The molecule has 0 radical (unpaired) electrons. The molecule has 140 valence electrons. The summed E-state index contributed by atoms with van der Waals surface area (Å²) in [6.45, 7) is 4.09. The first kappa shape index (κ1) is 16.5. The van der Waals surface area contributed by atoms with E-state index in [4.69, 9.17) is 4.74 Å². The molecule has 1 spiro atoms. The molecule has 0 aromatic rings. The summed E-state index contributed by atoms with van der Waals surface area (Å²) in [7, 11) is 0. The second kappa shape index (κ2) is 4.60. The van der Waals surface area contributed by atoms with Crippen LogP contribution in [-0.4, -0.2) is 45.7 Å². The molecule has 0 amide bonds. The van der Waals surface area contributed by atoms with Gasteiger partial charge in [-0.1, -0.05) is 13.3 Å². The van der Waals surface area contributed by atoms with Crippen molar-refractivity contribution < 1.29 is 24.9 Å². The Hall–Kier alpha value is -0.650. The zero-order valence-electron chi connectivity index (χ0n) is 15.2. The van der Waals surface area contributed by atoms with Crippen molar-refractivity contribution in [3.63, 3.8) is 0 Å². The second-order valence-electron chi connectivity index (χ2n) is 10.3. The fourth-order valence-electron chi connectivity index (χ4n) is 8.46. The molecule has 0 aromatic heterocycles. The van der Waals surface area contributed by atoms with Crippen LogP contribution < -0.4 is 0 Å². The summed E-state index contributed by atoms with van der Waals surface area (Å²) in [5.41, 5.74) is -2.06. The molecule has 2 bridgehead atoms. The molecule has 4 saturated carbocycles. The molecule has 9 atom stereocenters. The third-order valence-corrected chi connectivity index (χ3v) is 9.34. The smallest absolute Gasteiger partial charge is 0.312 e. The number of hydrogen-bond acceptors (Lipinski definition) is 5. The molecule has 5 nitrogen and oxygen atoms in total. The molecular weight excluding hydrogens is 320 g/mol. The molecule has 25 heavy (non-hydrogen) atoms. The van der Waals surface area contributed by atoms with Gasteiger partial charge < -0.3 is 20.1 Å². The van der Waals surface area contributed by atoms with Gasteiger partial charge in [0, 0.05) is 11.3 Å². The Morgan fingerprint density at radius 1 is 1.24 bits per heavy atom. The predicted molar refractivity (Wildman–Crippen MR) is 89.4 cm³/mol. The number of aliphatic hydroxyl groups excluding tert-OH is 2. The van der Waals surface area contributed by atoms with E-state index in [0.717, 1.165) is 38.5 Å². The van der Waals surface area contributed by atoms with Crippen LogP contribution in [0.5, 0.6) is 0 Å². The minimum absolute atomic E-state index is 0.0376. The van der Waals surface area contributed by atoms with Gasteiger partial charge in [-0.2, -0.15) is 0 Å². The van der Waals surface area contributed by atoms with Gasteiger partial charge in [0.15, 0.2) is 0 Å². The van der Waals surface area contributed by atoms with E-state index in [9.17, 15) is 20.1 Å². The molecular formula is C20H30O5. The summed E-state index contributed by atoms with van der Waals surface area (Å²) >= 11 is 0. The summed E-state index contributed by atoms with van der Waals surface area (Å²) < 4.78 is 5.82. The summed E-state index contributed by atoms with van der Waals surface area (Å²) in [5.74, 6) is 0.235. The van der Waals surface area contributed by atoms with Crippen molar-refractivity contribution >= 4 is 5.97 Å². The van der Waals surface area contributed by atoms with Crippen LogP contribution >= 0.6 is 0 Å². The molecule has 5 rings (SSSR count). The zero-order chi connectivity index (χ0) is 17.8. The summed E-state index contributed by atoms with van der Waals surface area (Å²) in [4.78, 5) is 12.7. The van der Waals surface area contributed by atoms with Gasteiger partial charge in [0.05, 0.1) is 23.7 Å². The Morgan fingerprint density at radius 3 is 2.72 bits per heavy atom. The molecule has 5 fully saturated rings. The van der Waals surface area contributed by atoms with Crippen LogP contribution in [0.2, 0.25) is 0 Å². The quantitative estimate of drug-likeness (QED) is 0.626. The molecule has 4 aliphatic carbocycles. The van der Waals surface area contributed by atoms with Crippen LogP contribution in [0.4, 0.5) is 0 Å². The van der Waals surface area contributed by atoms with Crippen molar-refractivity contribution in [3.8, 4) is 0 Å². The molecule has 0 aromatic carbocycles. The van der Waals surface area contributed by atoms with E-state index in [1.165, 1.54) is 0 Å². The topological polar surface area (TPSA) is 87.0 Å². The SMILES string of the molecule is C[C@]12CCC[C@@]3(C)C(=O)O[C@@H]([C@H](O)[C@@]45C[C@H](CC[C@@H]14)[C@](O)(CO)C5)[C@@H]23. The third kappa shape index (κ3) is 1.65. The van der Waals surface area contributed by atoms with Crippen molar-refractivity contribution in [1.29, 1.82) is 0 Å². The van der Waals surface area contributed by atoms with E-state index >= 15 is 0 Å². The predicted octanol–water partition coefficient (Wildman–Crippen LogP) is 1.63. The molecule has 1 heterocycles. The van der Waals surface area contributed by atoms with Crippen LogP contribution in [-0.2, 0) is 9.53 Å². The van der Waals surface area contributed by atoms with Crippen LogP contribution in [0.3, 0.4) is 0 Å². The Labute approximate surface area is 148 Å². The Balaban J connectivity index is 1.66. The van der Waals surface area contributed by atoms with Crippen molar-refractivity contribution in [2.75, 3.05) is 6.61 Å². The Bertz CT molecular complexity index is 636. The van der Waals surface area contributed by atoms with Crippen LogP contribution in [0.1, 0.15) is 58.8 Å². The lowest BCUT2D eigenvalue weighted by Gasteiger charge is -2.63. The van der Waals surface area contributed by atoms with Gasteiger partial charge in [0.2, 0.25) is 0 Å². The lowest BCUT2D eigenvalue weighted by molar-refractivity contribution is -0.221. The van der Waals surface area contributed by atoms with Gasteiger partial charge in [-0.25, -0.2) is 0 Å². The molecule has 3 N–H and O–H groups in total. The van der Waals surface area contributed by atoms with Crippen LogP contribution in [0.25, 0.3) is 0 Å². The summed E-state index contributed by atoms with van der Waals surface area (Å²) in [5, 5.41) is 32.3. The normalized spacial score (nSPS) is 62.3. The lowest BCUT2D eigenvalue weighted by atomic mass is 9.40. The fourth-order valence-corrected chi connectivity index (χ4v) is 8.46. The third-order valence-electron chi connectivity index (χ3n) is 9.34. The van der Waals surface area contributed by atoms with Crippen molar-refractivity contribution in [2.24, 2.45) is 34.0 Å². The highest BCUT2D eigenvalue weighted by atomic mass is 16.6. The van der Waals surface area contributed by atoms with E-state index in [2.05, 4.69) is 6.92 Å². The first-order valence-corrected chi connectivity index (χ1v) is 9.94. The van der Waals surface area contributed by atoms with E-state index < -0.39 is 28.6 Å². The Kier molecular flexibility index (Phi) is 3.04. The zero-order valence-corrected chi connectivity index (χ0v) is 15.2.